The first-order valence-electron chi connectivity index (χ1n) is 9.18. The SMILES string of the molecule is O=C(CNC1CCCC1C1COCCN1)NCCc1ccccc1. The lowest BCUT2D eigenvalue weighted by Gasteiger charge is -2.32. The highest BCUT2D eigenvalue weighted by molar-refractivity contribution is 5.78. The van der Waals surface area contributed by atoms with Crippen LogP contribution in [0.15, 0.2) is 30.3 Å². The normalized spacial score (nSPS) is 27.1. The van der Waals surface area contributed by atoms with Gasteiger partial charge in [0, 0.05) is 25.2 Å². The molecule has 1 aliphatic carbocycles. The smallest absolute Gasteiger partial charge is 0.233 e. The van der Waals surface area contributed by atoms with Gasteiger partial charge in [0.2, 0.25) is 5.91 Å². The molecule has 0 radical (unpaired) electrons. The summed E-state index contributed by atoms with van der Waals surface area (Å²) >= 11 is 0. The second-order valence-electron chi connectivity index (χ2n) is 6.80. The van der Waals surface area contributed by atoms with Crippen molar-refractivity contribution in [2.75, 3.05) is 32.8 Å². The van der Waals surface area contributed by atoms with Crippen LogP contribution < -0.4 is 16.0 Å². The Labute approximate surface area is 144 Å². The van der Waals surface area contributed by atoms with Gasteiger partial charge in [-0.2, -0.15) is 0 Å². The van der Waals surface area contributed by atoms with Gasteiger partial charge in [-0.05, 0) is 30.7 Å². The van der Waals surface area contributed by atoms with Gasteiger partial charge in [-0.1, -0.05) is 36.8 Å². The first-order valence-corrected chi connectivity index (χ1v) is 9.18. The van der Waals surface area contributed by atoms with Crippen molar-refractivity contribution < 1.29 is 9.53 Å². The van der Waals surface area contributed by atoms with Gasteiger partial charge in [0.15, 0.2) is 0 Å². The number of ether oxygens (including phenoxy) is 1. The van der Waals surface area contributed by atoms with E-state index in [9.17, 15) is 4.79 Å². The van der Waals surface area contributed by atoms with Crippen molar-refractivity contribution in [3.8, 4) is 0 Å². The van der Waals surface area contributed by atoms with Crippen LogP contribution in [0.4, 0.5) is 0 Å². The minimum Gasteiger partial charge on any atom is -0.379 e. The largest absolute Gasteiger partial charge is 0.379 e. The second kappa shape index (κ2) is 9.16. The molecule has 1 aliphatic heterocycles. The number of carbonyl (C=O) groups excluding carboxylic acids is 1. The van der Waals surface area contributed by atoms with E-state index < -0.39 is 0 Å². The molecule has 132 valence electrons. The van der Waals surface area contributed by atoms with E-state index in [0.29, 0.717) is 31.1 Å². The van der Waals surface area contributed by atoms with Gasteiger partial charge in [-0.25, -0.2) is 0 Å². The van der Waals surface area contributed by atoms with Gasteiger partial charge in [0.1, 0.15) is 0 Å². The molecule has 5 nitrogen and oxygen atoms in total. The Balaban J connectivity index is 1.36. The molecule has 3 rings (SSSR count). The van der Waals surface area contributed by atoms with Crippen LogP contribution in [-0.2, 0) is 16.0 Å². The molecular formula is C19H29N3O2. The zero-order chi connectivity index (χ0) is 16.6. The van der Waals surface area contributed by atoms with E-state index in [4.69, 9.17) is 4.74 Å². The highest BCUT2D eigenvalue weighted by atomic mass is 16.5. The minimum atomic E-state index is 0.0874. The molecule has 0 spiro atoms. The summed E-state index contributed by atoms with van der Waals surface area (Å²) in [4.78, 5) is 12.1. The fourth-order valence-corrected chi connectivity index (χ4v) is 3.86. The van der Waals surface area contributed by atoms with E-state index in [-0.39, 0.29) is 5.91 Å². The first kappa shape index (κ1) is 17.4. The molecule has 2 fully saturated rings. The third-order valence-corrected chi connectivity index (χ3v) is 5.14. The van der Waals surface area contributed by atoms with Crippen molar-refractivity contribution >= 4 is 5.91 Å². The van der Waals surface area contributed by atoms with Crippen LogP contribution in [0.2, 0.25) is 0 Å². The summed E-state index contributed by atoms with van der Waals surface area (Å²) in [5.74, 6) is 0.659. The topological polar surface area (TPSA) is 62.4 Å². The second-order valence-corrected chi connectivity index (χ2v) is 6.80. The van der Waals surface area contributed by atoms with E-state index >= 15 is 0 Å². The molecule has 0 bridgehead atoms. The molecule has 0 aromatic heterocycles. The van der Waals surface area contributed by atoms with E-state index in [1.165, 1.54) is 18.4 Å². The van der Waals surface area contributed by atoms with Gasteiger partial charge in [-0.15, -0.1) is 0 Å². The molecule has 3 atom stereocenters. The summed E-state index contributed by atoms with van der Waals surface area (Å²) in [6.07, 6.45) is 4.48. The fourth-order valence-electron chi connectivity index (χ4n) is 3.86. The Morgan fingerprint density at radius 1 is 1.25 bits per heavy atom. The number of amides is 1. The number of benzene rings is 1. The Morgan fingerprint density at radius 3 is 2.92 bits per heavy atom. The number of hydrogen-bond acceptors (Lipinski definition) is 4. The molecule has 1 heterocycles. The average Bonchev–Trinajstić information content (AvgIpc) is 3.10. The quantitative estimate of drug-likeness (QED) is 0.700. The summed E-state index contributed by atoms with van der Waals surface area (Å²) < 4.78 is 5.59. The summed E-state index contributed by atoms with van der Waals surface area (Å²) in [5.41, 5.74) is 1.25. The summed E-state index contributed by atoms with van der Waals surface area (Å²) in [6.45, 7) is 3.64. The summed E-state index contributed by atoms with van der Waals surface area (Å²) in [6, 6.07) is 11.1. The van der Waals surface area contributed by atoms with Crippen LogP contribution in [-0.4, -0.2) is 50.8 Å². The third-order valence-electron chi connectivity index (χ3n) is 5.14. The standard InChI is InChI=1S/C19H29N3O2/c23-19(21-10-9-15-5-2-1-3-6-15)13-22-17-8-4-7-16(17)18-14-24-12-11-20-18/h1-3,5-6,16-18,20,22H,4,7-14H2,(H,21,23). The Morgan fingerprint density at radius 2 is 2.12 bits per heavy atom. The lowest BCUT2D eigenvalue weighted by atomic mass is 9.94. The third kappa shape index (κ3) is 5.03. The molecule has 1 saturated heterocycles. The minimum absolute atomic E-state index is 0.0874. The molecule has 3 unspecified atom stereocenters. The predicted molar refractivity (Wildman–Crippen MR) is 94.9 cm³/mol. The van der Waals surface area contributed by atoms with E-state index in [1.54, 1.807) is 0 Å². The van der Waals surface area contributed by atoms with Crippen LogP contribution in [0.25, 0.3) is 0 Å². The van der Waals surface area contributed by atoms with Crippen molar-refractivity contribution in [3.05, 3.63) is 35.9 Å². The van der Waals surface area contributed by atoms with Crippen molar-refractivity contribution in [2.45, 2.75) is 37.8 Å². The van der Waals surface area contributed by atoms with Gasteiger partial charge in [-0.3, -0.25) is 4.79 Å². The maximum atomic E-state index is 12.1. The Bertz CT molecular complexity index is 503. The molecule has 24 heavy (non-hydrogen) atoms. The monoisotopic (exact) mass is 331 g/mol. The average molecular weight is 331 g/mol. The lowest BCUT2D eigenvalue weighted by Crippen LogP contribution is -2.52. The molecule has 1 aromatic rings. The van der Waals surface area contributed by atoms with Gasteiger partial charge < -0.3 is 20.7 Å². The van der Waals surface area contributed by atoms with Gasteiger partial charge >= 0.3 is 0 Å². The van der Waals surface area contributed by atoms with Crippen molar-refractivity contribution in [1.29, 1.82) is 0 Å². The number of carbonyl (C=O) groups is 1. The van der Waals surface area contributed by atoms with Crippen LogP contribution in [0.1, 0.15) is 24.8 Å². The maximum absolute atomic E-state index is 12.1. The van der Waals surface area contributed by atoms with E-state index in [1.807, 2.05) is 18.2 Å². The van der Waals surface area contributed by atoms with Crippen LogP contribution in [0.3, 0.4) is 0 Å². The molecule has 3 N–H and O–H groups in total. The molecule has 1 amide bonds. The number of hydrogen-bond donors (Lipinski definition) is 3. The highest BCUT2D eigenvalue weighted by Gasteiger charge is 2.34. The Kier molecular flexibility index (Phi) is 6.64. The van der Waals surface area contributed by atoms with Crippen LogP contribution in [0, 0.1) is 5.92 Å². The van der Waals surface area contributed by atoms with Crippen molar-refractivity contribution in [3.63, 3.8) is 0 Å². The lowest BCUT2D eigenvalue weighted by molar-refractivity contribution is -0.120. The molecule has 2 aliphatic rings. The van der Waals surface area contributed by atoms with Gasteiger partial charge in [0.25, 0.3) is 0 Å². The fraction of sp³-hybridized carbons (Fsp3) is 0.632. The Hall–Kier alpha value is -1.43. The van der Waals surface area contributed by atoms with Crippen molar-refractivity contribution in [2.24, 2.45) is 5.92 Å². The predicted octanol–water partition coefficient (Wildman–Crippen LogP) is 1.09. The van der Waals surface area contributed by atoms with Gasteiger partial charge in [0.05, 0.1) is 19.8 Å². The zero-order valence-corrected chi connectivity index (χ0v) is 14.3. The maximum Gasteiger partial charge on any atom is 0.233 e. The number of rotatable bonds is 7. The van der Waals surface area contributed by atoms with Crippen molar-refractivity contribution in [1.82, 2.24) is 16.0 Å². The summed E-state index contributed by atoms with van der Waals surface area (Å²) in [5, 5.41) is 10.0. The van der Waals surface area contributed by atoms with E-state index in [2.05, 4.69) is 28.1 Å². The van der Waals surface area contributed by atoms with E-state index in [0.717, 1.165) is 32.6 Å². The molecule has 5 heteroatoms. The van der Waals surface area contributed by atoms with Crippen LogP contribution in [0.5, 0.6) is 0 Å². The molecular weight excluding hydrogens is 302 g/mol. The molecule has 1 saturated carbocycles. The zero-order valence-electron chi connectivity index (χ0n) is 14.3. The summed E-state index contributed by atoms with van der Waals surface area (Å²) in [7, 11) is 0. The molecule has 1 aromatic carbocycles. The van der Waals surface area contributed by atoms with Crippen LogP contribution >= 0.6 is 0 Å². The number of nitrogens with one attached hydrogen (secondary N) is 3. The first-order chi connectivity index (χ1) is 11.8. The number of morpholine rings is 1. The highest BCUT2D eigenvalue weighted by Crippen LogP contribution is 2.29.